The smallest absolute Gasteiger partial charge is 0.257 e. The number of nitrogens with zero attached hydrogens (tertiary/aromatic N) is 2. The van der Waals surface area contributed by atoms with Crippen LogP contribution >= 0.6 is 0 Å². The van der Waals surface area contributed by atoms with Crippen molar-refractivity contribution in [1.82, 2.24) is 10.1 Å². The molecule has 1 aromatic heterocycles. The van der Waals surface area contributed by atoms with Crippen LogP contribution in [-0.2, 0) is 11.3 Å². The first-order chi connectivity index (χ1) is 8.86. The van der Waals surface area contributed by atoms with Crippen molar-refractivity contribution in [3.63, 3.8) is 0 Å². The van der Waals surface area contributed by atoms with E-state index in [1.165, 1.54) is 0 Å². The molecule has 3 rings (SSSR count). The molecule has 0 spiro atoms. The lowest BCUT2D eigenvalue weighted by molar-refractivity contribution is 0.192. The van der Waals surface area contributed by atoms with E-state index in [1.54, 1.807) is 0 Å². The maximum atomic E-state index is 5.56. The van der Waals surface area contributed by atoms with Gasteiger partial charge in [-0.1, -0.05) is 17.3 Å². The highest BCUT2D eigenvalue weighted by atomic mass is 16.5. The van der Waals surface area contributed by atoms with Gasteiger partial charge in [-0.25, -0.2) is 0 Å². The molecule has 1 aliphatic heterocycles. The van der Waals surface area contributed by atoms with Gasteiger partial charge in [-0.15, -0.1) is 0 Å². The normalized spacial score (nSPS) is 19.3. The number of benzene rings is 1. The molecular formula is C13H15N3O2. The number of ether oxygens (including phenoxy) is 1. The van der Waals surface area contributed by atoms with Crippen LogP contribution in [0.3, 0.4) is 0 Å². The maximum absolute atomic E-state index is 5.56. The molecule has 1 aromatic carbocycles. The maximum Gasteiger partial charge on any atom is 0.257 e. The Kier molecular flexibility index (Phi) is 3.08. The Balaban J connectivity index is 1.82. The van der Waals surface area contributed by atoms with Crippen molar-refractivity contribution < 1.29 is 9.26 Å². The minimum Gasteiger partial charge on any atom is -0.381 e. The van der Waals surface area contributed by atoms with E-state index in [-0.39, 0.29) is 5.92 Å². The number of hydrogen-bond acceptors (Lipinski definition) is 5. The second-order valence-corrected chi connectivity index (χ2v) is 4.42. The zero-order valence-electron chi connectivity index (χ0n) is 10.0. The van der Waals surface area contributed by atoms with Gasteiger partial charge in [0.2, 0.25) is 0 Å². The number of aromatic nitrogens is 2. The van der Waals surface area contributed by atoms with E-state index >= 15 is 0 Å². The minimum absolute atomic E-state index is 0.269. The third-order valence-corrected chi connectivity index (χ3v) is 3.17. The SMILES string of the molecule is NCc1ccc(-c2nc([C@H]3CCOC3)no2)cc1. The Morgan fingerprint density at radius 2 is 2.11 bits per heavy atom. The van der Waals surface area contributed by atoms with Crippen LogP contribution in [-0.4, -0.2) is 23.4 Å². The second-order valence-electron chi connectivity index (χ2n) is 4.42. The number of hydrogen-bond donors (Lipinski definition) is 1. The zero-order valence-corrected chi connectivity index (χ0v) is 10.0. The lowest BCUT2D eigenvalue weighted by Crippen LogP contribution is -1.99. The third kappa shape index (κ3) is 2.14. The predicted octanol–water partition coefficient (Wildman–Crippen LogP) is 1.70. The Labute approximate surface area is 105 Å². The third-order valence-electron chi connectivity index (χ3n) is 3.17. The molecule has 94 valence electrons. The Hall–Kier alpha value is -1.72. The Morgan fingerprint density at radius 1 is 1.28 bits per heavy atom. The van der Waals surface area contributed by atoms with Gasteiger partial charge < -0.3 is 15.0 Å². The molecule has 0 radical (unpaired) electrons. The summed E-state index contributed by atoms with van der Waals surface area (Å²) in [6, 6.07) is 7.84. The molecule has 0 amide bonds. The largest absolute Gasteiger partial charge is 0.381 e. The van der Waals surface area contributed by atoms with Gasteiger partial charge in [0.1, 0.15) is 0 Å². The summed E-state index contributed by atoms with van der Waals surface area (Å²) in [5, 5.41) is 4.03. The lowest BCUT2D eigenvalue weighted by Gasteiger charge is -1.98. The quantitative estimate of drug-likeness (QED) is 0.890. The van der Waals surface area contributed by atoms with E-state index < -0.39 is 0 Å². The zero-order chi connectivity index (χ0) is 12.4. The Bertz CT molecular complexity index is 515. The summed E-state index contributed by atoms with van der Waals surface area (Å²) in [6.07, 6.45) is 0.963. The van der Waals surface area contributed by atoms with Crippen LogP contribution < -0.4 is 5.73 Å². The van der Waals surface area contributed by atoms with Crippen LogP contribution in [0.5, 0.6) is 0 Å². The molecule has 0 saturated carbocycles. The summed E-state index contributed by atoms with van der Waals surface area (Å²) in [5.41, 5.74) is 7.57. The van der Waals surface area contributed by atoms with Gasteiger partial charge in [-0.05, 0) is 24.1 Å². The van der Waals surface area contributed by atoms with Gasteiger partial charge in [-0.3, -0.25) is 0 Å². The van der Waals surface area contributed by atoms with Gasteiger partial charge in [0.25, 0.3) is 5.89 Å². The van der Waals surface area contributed by atoms with Crippen molar-refractivity contribution in [1.29, 1.82) is 0 Å². The van der Waals surface area contributed by atoms with Gasteiger partial charge in [0.15, 0.2) is 5.82 Å². The first-order valence-corrected chi connectivity index (χ1v) is 6.07. The number of nitrogens with two attached hydrogens (primary N) is 1. The lowest BCUT2D eigenvalue weighted by atomic mass is 10.1. The summed E-state index contributed by atoms with van der Waals surface area (Å²) < 4.78 is 10.6. The molecule has 0 unspecified atom stereocenters. The fourth-order valence-corrected chi connectivity index (χ4v) is 2.04. The average Bonchev–Trinajstić information content (AvgIpc) is 3.09. The van der Waals surface area contributed by atoms with Crippen LogP contribution in [0.4, 0.5) is 0 Å². The highest BCUT2D eigenvalue weighted by Gasteiger charge is 2.23. The molecule has 1 atom stereocenters. The molecule has 1 aliphatic rings. The van der Waals surface area contributed by atoms with Crippen LogP contribution in [0.2, 0.25) is 0 Å². The summed E-state index contributed by atoms with van der Waals surface area (Å²) >= 11 is 0. The van der Waals surface area contributed by atoms with Gasteiger partial charge in [0.05, 0.1) is 6.61 Å². The van der Waals surface area contributed by atoms with E-state index in [1.807, 2.05) is 24.3 Å². The summed E-state index contributed by atoms with van der Waals surface area (Å²) in [4.78, 5) is 4.43. The van der Waals surface area contributed by atoms with Crippen molar-refractivity contribution in [2.24, 2.45) is 5.73 Å². The standard InChI is InChI=1S/C13H15N3O2/c14-7-9-1-3-10(4-2-9)13-15-12(16-18-13)11-5-6-17-8-11/h1-4,11H,5-8,14H2/t11-/m0/s1. The van der Waals surface area contributed by atoms with Gasteiger partial charge in [-0.2, -0.15) is 4.98 Å². The molecule has 2 heterocycles. The van der Waals surface area contributed by atoms with Crippen molar-refractivity contribution in [2.45, 2.75) is 18.9 Å². The van der Waals surface area contributed by atoms with Crippen LogP contribution in [0.15, 0.2) is 28.8 Å². The summed E-state index contributed by atoms with van der Waals surface area (Å²) in [7, 11) is 0. The monoisotopic (exact) mass is 245 g/mol. The molecular weight excluding hydrogens is 230 g/mol. The van der Waals surface area contributed by atoms with Crippen molar-refractivity contribution in [3.8, 4) is 11.5 Å². The molecule has 0 aliphatic carbocycles. The fraction of sp³-hybridized carbons (Fsp3) is 0.385. The predicted molar refractivity (Wildman–Crippen MR) is 65.8 cm³/mol. The van der Waals surface area contributed by atoms with E-state index in [2.05, 4.69) is 10.1 Å². The molecule has 5 heteroatoms. The van der Waals surface area contributed by atoms with Crippen molar-refractivity contribution >= 4 is 0 Å². The minimum atomic E-state index is 0.269. The van der Waals surface area contributed by atoms with Crippen molar-refractivity contribution in [2.75, 3.05) is 13.2 Å². The fourth-order valence-electron chi connectivity index (χ4n) is 2.04. The highest BCUT2D eigenvalue weighted by molar-refractivity contribution is 5.53. The second kappa shape index (κ2) is 4.88. The average molecular weight is 245 g/mol. The molecule has 1 saturated heterocycles. The molecule has 2 aromatic rings. The number of rotatable bonds is 3. The molecule has 2 N–H and O–H groups in total. The molecule has 5 nitrogen and oxygen atoms in total. The van der Waals surface area contributed by atoms with E-state index in [4.69, 9.17) is 15.0 Å². The molecule has 18 heavy (non-hydrogen) atoms. The van der Waals surface area contributed by atoms with E-state index in [0.717, 1.165) is 30.0 Å². The first kappa shape index (κ1) is 11.4. The first-order valence-electron chi connectivity index (χ1n) is 6.07. The van der Waals surface area contributed by atoms with Crippen LogP contribution in [0.1, 0.15) is 23.7 Å². The van der Waals surface area contributed by atoms with E-state index in [0.29, 0.717) is 19.0 Å². The van der Waals surface area contributed by atoms with Gasteiger partial charge >= 0.3 is 0 Å². The van der Waals surface area contributed by atoms with Crippen molar-refractivity contribution in [3.05, 3.63) is 35.7 Å². The Morgan fingerprint density at radius 3 is 2.78 bits per heavy atom. The van der Waals surface area contributed by atoms with E-state index in [9.17, 15) is 0 Å². The molecule has 1 fully saturated rings. The van der Waals surface area contributed by atoms with Crippen LogP contribution in [0, 0.1) is 0 Å². The summed E-state index contributed by atoms with van der Waals surface area (Å²) in [5.74, 6) is 1.57. The molecule has 0 bridgehead atoms. The topological polar surface area (TPSA) is 74.2 Å². The van der Waals surface area contributed by atoms with Gasteiger partial charge in [0, 0.05) is 24.6 Å². The highest BCUT2D eigenvalue weighted by Crippen LogP contribution is 2.25. The summed E-state index contributed by atoms with van der Waals surface area (Å²) in [6.45, 7) is 2.00. The van der Waals surface area contributed by atoms with Crippen LogP contribution in [0.25, 0.3) is 11.5 Å².